The van der Waals surface area contributed by atoms with Gasteiger partial charge < -0.3 is 5.11 Å². The summed E-state index contributed by atoms with van der Waals surface area (Å²) < 4.78 is 0. The van der Waals surface area contributed by atoms with Crippen LogP contribution in [0.1, 0.15) is 24.8 Å². The molecular formula is C11H17N3O. The number of hydrogen-bond donors (Lipinski definition) is 1. The van der Waals surface area contributed by atoms with Crippen molar-refractivity contribution in [2.75, 3.05) is 13.2 Å². The first kappa shape index (κ1) is 10.5. The minimum Gasteiger partial charge on any atom is -0.395 e. The standard InChI is InChI=1S/C11H17N3O/c15-8-11-3-1-2-4-14(11)7-10-5-12-9-13-6-10/h5-6,9,11,15H,1-4,7-8H2. The summed E-state index contributed by atoms with van der Waals surface area (Å²) in [5.41, 5.74) is 1.12. The van der Waals surface area contributed by atoms with Crippen molar-refractivity contribution in [3.05, 3.63) is 24.3 Å². The van der Waals surface area contributed by atoms with E-state index in [9.17, 15) is 5.11 Å². The summed E-state index contributed by atoms with van der Waals surface area (Å²) in [6.45, 7) is 2.18. The molecule has 1 fully saturated rings. The molecule has 82 valence electrons. The Hall–Kier alpha value is -1.00. The number of aliphatic hydroxyl groups is 1. The van der Waals surface area contributed by atoms with E-state index in [4.69, 9.17) is 0 Å². The number of hydrogen-bond acceptors (Lipinski definition) is 4. The molecule has 0 bridgehead atoms. The zero-order valence-corrected chi connectivity index (χ0v) is 8.84. The van der Waals surface area contributed by atoms with Gasteiger partial charge in [-0.25, -0.2) is 9.97 Å². The maximum atomic E-state index is 9.27. The van der Waals surface area contributed by atoms with E-state index in [2.05, 4.69) is 14.9 Å². The van der Waals surface area contributed by atoms with Crippen LogP contribution in [0.15, 0.2) is 18.7 Å². The van der Waals surface area contributed by atoms with Crippen LogP contribution in [0.2, 0.25) is 0 Å². The van der Waals surface area contributed by atoms with Crippen LogP contribution in [0, 0.1) is 0 Å². The molecular weight excluding hydrogens is 190 g/mol. The Morgan fingerprint density at radius 3 is 2.87 bits per heavy atom. The van der Waals surface area contributed by atoms with Gasteiger partial charge in [-0.1, -0.05) is 6.42 Å². The minimum absolute atomic E-state index is 0.258. The SMILES string of the molecule is OCC1CCCCN1Cc1cncnc1. The molecule has 0 aliphatic carbocycles. The predicted molar refractivity (Wildman–Crippen MR) is 57.2 cm³/mol. The summed E-state index contributed by atoms with van der Waals surface area (Å²) in [4.78, 5) is 10.3. The summed E-state index contributed by atoms with van der Waals surface area (Å²) in [5, 5.41) is 9.27. The lowest BCUT2D eigenvalue weighted by molar-refractivity contribution is 0.0839. The average molecular weight is 207 g/mol. The molecule has 1 saturated heterocycles. The minimum atomic E-state index is 0.258. The number of aromatic nitrogens is 2. The van der Waals surface area contributed by atoms with Crippen molar-refractivity contribution in [1.82, 2.24) is 14.9 Å². The molecule has 1 aliphatic rings. The first-order valence-electron chi connectivity index (χ1n) is 5.49. The molecule has 1 aromatic rings. The summed E-state index contributed by atoms with van der Waals surface area (Å²) in [5.74, 6) is 0. The van der Waals surface area contributed by atoms with Gasteiger partial charge in [0.1, 0.15) is 6.33 Å². The van der Waals surface area contributed by atoms with E-state index in [1.165, 1.54) is 12.8 Å². The third-order valence-corrected chi connectivity index (χ3v) is 2.96. The van der Waals surface area contributed by atoms with Crippen LogP contribution in [0.4, 0.5) is 0 Å². The third-order valence-electron chi connectivity index (χ3n) is 2.96. The maximum Gasteiger partial charge on any atom is 0.115 e. The first-order chi connectivity index (χ1) is 7.40. The molecule has 1 atom stereocenters. The van der Waals surface area contributed by atoms with E-state index in [-0.39, 0.29) is 6.61 Å². The lowest BCUT2D eigenvalue weighted by Gasteiger charge is -2.34. The quantitative estimate of drug-likeness (QED) is 0.797. The average Bonchev–Trinajstić information content (AvgIpc) is 2.31. The highest BCUT2D eigenvalue weighted by molar-refractivity contribution is 5.02. The summed E-state index contributed by atoms with van der Waals surface area (Å²) in [6.07, 6.45) is 8.79. The van der Waals surface area contributed by atoms with Gasteiger partial charge in [0.05, 0.1) is 6.61 Å². The Bertz CT molecular complexity index is 291. The van der Waals surface area contributed by atoms with Crippen molar-refractivity contribution < 1.29 is 5.11 Å². The first-order valence-corrected chi connectivity index (χ1v) is 5.49. The summed E-state index contributed by atoms with van der Waals surface area (Å²) in [7, 11) is 0. The normalized spacial score (nSPS) is 22.9. The Kier molecular flexibility index (Phi) is 3.64. The van der Waals surface area contributed by atoms with Crippen LogP contribution in [-0.2, 0) is 6.54 Å². The molecule has 1 unspecified atom stereocenters. The van der Waals surface area contributed by atoms with Crippen LogP contribution in [-0.4, -0.2) is 39.2 Å². The van der Waals surface area contributed by atoms with Gasteiger partial charge in [0.25, 0.3) is 0 Å². The fourth-order valence-corrected chi connectivity index (χ4v) is 2.12. The Balaban J connectivity index is 1.97. The molecule has 4 heteroatoms. The van der Waals surface area contributed by atoms with E-state index in [0.29, 0.717) is 6.04 Å². The molecule has 0 radical (unpaired) electrons. The highest BCUT2D eigenvalue weighted by atomic mass is 16.3. The molecule has 0 amide bonds. The Morgan fingerprint density at radius 2 is 2.13 bits per heavy atom. The predicted octanol–water partition coefficient (Wildman–Crippen LogP) is 0.823. The smallest absolute Gasteiger partial charge is 0.115 e. The van der Waals surface area contributed by atoms with E-state index in [1.54, 1.807) is 6.33 Å². The fraction of sp³-hybridized carbons (Fsp3) is 0.636. The number of rotatable bonds is 3. The highest BCUT2D eigenvalue weighted by Crippen LogP contribution is 2.18. The van der Waals surface area contributed by atoms with E-state index < -0.39 is 0 Å². The summed E-state index contributed by atoms with van der Waals surface area (Å²) >= 11 is 0. The van der Waals surface area contributed by atoms with Gasteiger partial charge in [0.15, 0.2) is 0 Å². The number of piperidine rings is 1. The molecule has 1 aromatic heterocycles. The second-order valence-electron chi connectivity index (χ2n) is 4.05. The van der Waals surface area contributed by atoms with Crippen LogP contribution in [0.25, 0.3) is 0 Å². The fourth-order valence-electron chi connectivity index (χ4n) is 2.12. The summed E-state index contributed by atoms with van der Waals surface area (Å²) in [6, 6.07) is 0.318. The van der Waals surface area contributed by atoms with Crippen molar-refractivity contribution in [3.63, 3.8) is 0 Å². The van der Waals surface area contributed by atoms with Gasteiger partial charge in [0, 0.05) is 30.5 Å². The molecule has 1 aliphatic heterocycles. The molecule has 0 spiro atoms. The second-order valence-corrected chi connectivity index (χ2v) is 4.05. The Labute approximate surface area is 90.0 Å². The molecule has 2 heterocycles. The van der Waals surface area contributed by atoms with Crippen molar-refractivity contribution in [2.45, 2.75) is 31.8 Å². The second kappa shape index (κ2) is 5.19. The van der Waals surface area contributed by atoms with E-state index in [1.807, 2.05) is 12.4 Å². The molecule has 1 N–H and O–H groups in total. The van der Waals surface area contributed by atoms with Gasteiger partial charge in [-0.15, -0.1) is 0 Å². The Morgan fingerprint density at radius 1 is 1.33 bits per heavy atom. The van der Waals surface area contributed by atoms with Gasteiger partial charge in [-0.05, 0) is 19.4 Å². The molecule has 0 aromatic carbocycles. The van der Waals surface area contributed by atoms with Crippen LogP contribution < -0.4 is 0 Å². The molecule has 4 nitrogen and oxygen atoms in total. The zero-order valence-electron chi connectivity index (χ0n) is 8.84. The largest absolute Gasteiger partial charge is 0.395 e. The van der Waals surface area contributed by atoms with Crippen LogP contribution in [0.5, 0.6) is 0 Å². The van der Waals surface area contributed by atoms with Crippen molar-refractivity contribution in [3.8, 4) is 0 Å². The number of aliphatic hydroxyl groups excluding tert-OH is 1. The van der Waals surface area contributed by atoms with E-state index >= 15 is 0 Å². The van der Waals surface area contributed by atoms with Gasteiger partial charge >= 0.3 is 0 Å². The van der Waals surface area contributed by atoms with Crippen molar-refractivity contribution in [1.29, 1.82) is 0 Å². The topological polar surface area (TPSA) is 49.2 Å². The molecule has 15 heavy (non-hydrogen) atoms. The maximum absolute atomic E-state index is 9.27. The van der Waals surface area contributed by atoms with Crippen LogP contribution >= 0.6 is 0 Å². The molecule has 2 rings (SSSR count). The lowest BCUT2D eigenvalue weighted by Crippen LogP contribution is -2.41. The van der Waals surface area contributed by atoms with Crippen molar-refractivity contribution >= 4 is 0 Å². The highest BCUT2D eigenvalue weighted by Gasteiger charge is 2.21. The van der Waals surface area contributed by atoms with E-state index in [0.717, 1.165) is 25.1 Å². The third kappa shape index (κ3) is 2.73. The van der Waals surface area contributed by atoms with Gasteiger partial charge in [-0.3, -0.25) is 4.90 Å². The molecule has 0 saturated carbocycles. The van der Waals surface area contributed by atoms with Crippen LogP contribution in [0.3, 0.4) is 0 Å². The van der Waals surface area contributed by atoms with Gasteiger partial charge in [-0.2, -0.15) is 0 Å². The zero-order chi connectivity index (χ0) is 10.5. The lowest BCUT2D eigenvalue weighted by atomic mass is 10.0. The van der Waals surface area contributed by atoms with Crippen molar-refractivity contribution in [2.24, 2.45) is 0 Å². The monoisotopic (exact) mass is 207 g/mol. The van der Waals surface area contributed by atoms with Gasteiger partial charge in [0.2, 0.25) is 0 Å². The number of nitrogens with zero attached hydrogens (tertiary/aromatic N) is 3. The number of likely N-dealkylation sites (tertiary alicyclic amines) is 1.